The Bertz CT molecular complexity index is 1210. The van der Waals surface area contributed by atoms with Crippen LogP contribution >= 0.6 is 58.1 Å². The van der Waals surface area contributed by atoms with Crippen molar-refractivity contribution in [1.82, 2.24) is 4.90 Å². The summed E-state index contributed by atoms with van der Waals surface area (Å²) in [5.74, 6) is -1.28. The third-order valence-corrected chi connectivity index (χ3v) is 9.82. The molecule has 2 atom stereocenters. The Morgan fingerprint density at radius 1 is 1.29 bits per heavy atom. The van der Waals surface area contributed by atoms with Crippen LogP contribution in [0.1, 0.15) is 11.4 Å². The number of thiazole rings is 1. The van der Waals surface area contributed by atoms with Crippen molar-refractivity contribution in [2.45, 2.75) is 23.6 Å². The number of carboxylic acids is 1. The summed E-state index contributed by atoms with van der Waals surface area (Å²) in [6, 6.07) is 5.39. The Hall–Kier alpha value is -0.950. The fourth-order valence-corrected chi connectivity index (χ4v) is 8.59. The van der Waals surface area contributed by atoms with E-state index >= 15 is 0 Å². The Kier molecular flexibility index (Phi) is 6.83. The molecule has 1 fully saturated rings. The maximum absolute atomic E-state index is 11.5. The normalized spacial score (nSPS) is 22.4. The lowest BCUT2D eigenvalue weighted by molar-refractivity contribution is -0.668. The van der Waals surface area contributed by atoms with E-state index in [1.54, 1.807) is 17.8 Å². The highest BCUT2D eigenvalue weighted by Gasteiger charge is 2.42. The second-order valence-electron chi connectivity index (χ2n) is 6.91. The molecule has 0 radical (unpaired) electrons. The van der Waals surface area contributed by atoms with Gasteiger partial charge in [-0.15, -0.1) is 0 Å². The van der Waals surface area contributed by atoms with Crippen molar-refractivity contribution in [3.8, 4) is 0 Å². The second-order valence-corrected chi connectivity index (χ2v) is 13.3. The smallest absolute Gasteiger partial charge is 0.323 e. The fourth-order valence-electron chi connectivity index (χ4n) is 3.47. The first kappa shape index (κ1) is 23.2. The predicted molar refractivity (Wildman–Crippen MR) is 127 cm³/mol. The first-order chi connectivity index (χ1) is 14.6. The molecule has 0 spiro atoms. The zero-order valence-electron chi connectivity index (χ0n) is 15.8. The highest BCUT2D eigenvalue weighted by molar-refractivity contribution is 8.21. The van der Waals surface area contributed by atoms with Crippen molar-refractivity contribution in [3.63, 3.8) is 0 Å². The van der Waals surface area contributed by atoms with Crippen LogP contribution < -0.4 is 4.57 Å². The molecule has 2 aromatic rings. The number of hydrogen-bond acceptors (Lipinski definition) is 7. The highest BCUT2D eigenvalue weighted by atomic mass is 35.5. The van der Waals surface area contributed by atoms with Gasteiger partial charge in [0.05, 0.1) is 31.8 Å². The molecule has 0 aliphatic carbocycles. The predicted octanol–water partition coefficient (Wildman–Crippen LogP) is 4.07. The minimum absolute atomic E-state index is 0.0786. The van der Waals surface area contributed by atoms with Gasteiger partial charge < -0.3 is 10.0 Å². The summed E-state index contributed by atoms with van der Waals surface area (Å²) in [5.41, 5.74) is 0.852. The van der Waals surface area contributed by atoms with E-state index in [1.807, 2.05) is 33.8 Å². The molecule has 2 unspecified atom stereocenters. The van der Waals surface area contributed by atoms with Gasteiger partial charge in [0.2, 0.25) is 5.52 Å². The number of benzene rings is 1. The van der Waals surface area contributed by atoms with Crippen molar-refractivity contribution in [2.75, 3.05) is 12.3 Å². The quantitative estimate of drug-likeness (QED) is 0.401. The van der Waals surface area contributed by atoms with E-state index in [1.165, 1.54) is 23.1 Å². The van der Waals surface area contributed by atoms with E-state index in [0.717, 1.165) is 20.3 Å². The number of carbonyl (C=O) groups is 1. The van der Waals surface area contributed by atoms with Gasteiger partial charge in [0.25, 0.3) is 15.1 Å². The van der Waals surface area contributed by atoms with Gasteiger partial charge in [-0.25, -0.2) is 0 Å². The lowest BCUT2D eigenvalue weighted by Gasteiger charge is -2.21. The van der Waals surface area contributed by atoms with Crippen LogP contribution in [0.2, 0.25) is 5.02 Å². The molecule has 1 aromatic carbocycles. The molecular formula is C18H17Cl2N2O5S4+. The van der Waals surface area contributed by atoms with E-state index in [4.69, 9.17) is 27.8 Å². The van der Waals surface area contributed by atoms with Crippen molar-refractivity contribution in [1.29, 1.82) is 0 Å². The number of halogens is 2. The first-order valence-corrected chi connectivity index (χ1v) is 14.0. The molecule has 0 bridgehead atoms. The molecule has 3 heterocycles. The van der Waals surface area contributed by atoms with Crippen molar-refractivity contribution < 1.29 is 27.4 Å². The largest absolute Gasteiger partial charge is 0.480 e. The standard InChI is InChI=1S/C18H16Cl2N2O5S4/c19-10-2-3-13-11(6-10)21(4-1-5-31(25,26)27)15(28-13)8-16-22(9-17(23)24)12-7-14(20)29-18(12)30-16/h2-3,6-8,12,18H,1,4-5,9H2,(H-,23,24,25,26,27)/p+1. The molecule has 13 heteroatoms. The summed E-state index contributed by atoms with van der Waals surface area (Å²) in [7, 11) is -4.06. The average Bonchev–Trinajstić information content (AvgIpc) is 3.27. The number of aryl methyl sites for hydroxylation is 1. The van der Waals surface area contributed by atoms with Gasteiger partial charge in [0, 0.05) is 17.5 Å². The van der Waals surface area contributed by atoms with Gasteiger partial charge in [-0.05, 0) is 18.2 Å². The first-order valence-electron chi connectivity index (χ1n) is 9.08. The molecule has 2 aliphatic heterocycles. The van der Waals surface area contributed by atoms with E-state index in [9.17, 15) is 18.3 Å². The molecule has 2 N–H and O–H groups in total. The van der Waals surface area contributed by atoms with Crippen molar-refractivity contribution >= 4 is 90.4 Å². The fraction of sp³-hybridized carbons (Fsp3) is 0.333. The summed E-state index contributed by atoms with van der Waals surface area (Å²) in [6.45, 7) is 0.205. The van der Waals surface area contributed by atoms with Crippen LogP contribution in [0.4, 0.5) is 0 Å². The number of aliphatic carboxylic acids is 1. The summed E-state index contributed by atoms with van der Waals surface area (Å²) < 4.78 is 35.1. The molecule has 31 heavy (non-hydrogen) atoms. The highest BCUT2D eigenvalue weighted by Crippen LogP contribution is 2.53. The number of hydrogen-bond donors (Lipinski definition) is 2. The summed E-state index contributed by atoms with van der Waals surface area (Å²) in [4.78, 5) is 13.3. The molecule has 1 saturated heterocycles. The van der Waals surface area contributed by atoms with E-state index < -0.39 is 16.1 Å². The summed E-state index contributed by atoms with van der Waals surface area (Å²) in [6.07, 6.45) is 4.03. The number of aromatic nitrogens is 1. The minimum Gasteiger partial charge on any atom is -0.480 e. The van der Waals surface area contributed by atoms with Crippen LogP contribution in [0, 0.1) is 0 Å². The van der Waals surface area contributed by atoms with Crippen molar-refractivity contribution in [3.05, 3.63) is 43.7 Å². The molecule has 1 aromatic heterocycles. The van der Waals surface area contributed by atoms with E-state index in [0.29, 0.717) is 15.9 Å². The molecule has 2 aliphatic rings. The van der Waals surface area contributed by atoms with Crippen LogP contribution in [-0.4, -0.2) is 51.9 Å². The van der Waals surface area contributed by atoms with Crippen LogP contribution in [0.5, 0.6) is 0 Å². The monoisotopic (exact) mass is 539 g/mol. The van der Waals surface area contributed by atoms with Crippen LogP contribution in [-0.2, 0) is 21.5 Å². The molecule has 7 nitrogen and oxygen atoms in total. The zero-order chi connectivity index (χ0) is 22.3. The number of rotatable bonds is 7. The zero-order valence-corrected chi connectivity index (χ0v) is 20.6. The summed E-state index contributed by atoms with van der Waals surface area (Å²) in [5, 5.41) is 11.6. The number of fused-ring (bicyclic) bond motifs is 2. The van der Waals surface area contributed by atoms with Crippen LogP contribution in [0.25, 0.3) is 16.3 Å². The third kappa shape index (κ3) is 5.35. The van der Waals surface area contributed by atoms with Gasteiger partial charge in [-0.2, -0.15) is 13.0 Å². The molecule has 4 rings (SSSR count). The second kappa shape index (κ2) is 9.12. The number of nitrogens with zero attached hydrogens (tertiary/aromatic N) is 2. The molecular weight excluding hydrogens is 523 g/mol. The Morgan fingerprint density at radius 2 is 2.06 bits per heavy atom. The molecule has 0 saturated carbocycles. The van der Waals surface area contributed by atoms with E-state index in [2.05, 4.69) is 0 Å². The maximum Gasteiger partial charge on any atom is 0.323 e. The minimum atomic E-state index is -4.06. The SMILES string of the molecule is O=C(O)CN1C(=Cc2sc3ccc(Cl)cc3[n+]2CCCS(=O)(=O)O)SC2SC(Cl)=CC21. The lowest BCUT2D eigenvalue weighted by atomic mass is 10.3. The van der Waals surface area contributed by atoms with Crippen LogP contribution in [0.3, 0.4) is 0 Å². The summed E-state index contributed by atoms with van der Waals surface area (Å²) >= 11 is 16.9. The van der Waals surface area contributed by atoms with E-state index in [-0.39, 0.29) is 29.3 Å². The average molecular weight is 541 g/mol. The molecule has 0 amide bonds. The topological polar surface area (TPSA) is 98.8 Å². The molecule has 166 valence electrons. The van der Waals surface area contributed by atoms with Gasteiger partial charge in [-0.1, -0.05) is 58.1 Å². The Morgan fingerprint density at radius 3 is 2.77 bits per heavy atom. The Labute approximate surface area is 201 Å². The third-order valence-electron chi connectivity index (χ3n) is 4.72. The number of carboxylic acid groups (broad SMARTS) is 1. The van der Waals surface area contributed by atoms with Gasteiger partial charge in [-0.3, -0.25) is 9.35 Å². The van der Waals surface area contributed by atoms with Gasteiger partial charge in [0.1, 0.15) is 11.2 Å². The Balaban J connectivity index is 1.73. The van der Waals surface area contributed by atoms with Crippen LogP contribution in [0.15, 0.2) is 33.7 Å². The lowest BCUT2D eigenvalue weighted by Crippen LogP contribution is -2.37. The van der Waals surface area contributed by atoms with Gasteiger partial charge >= 0.3 is 5.97 Å². The van der Waals surface area contributed by atoms with Gasteiger partial charge in [0.15, 0.2) is 6.54 Å². The maximum atomic E-state index is 11.5. The number of thioether (sulfide) groups is 2. The van der Waals surface area contributed by atoms with Crippen molar-refractivity contribution in [2.24, 2.45) is 0 Å².